The van der Waals surface area contributed by atoms with Crippen LogP contribution in [0.5, 0.6) is 5.75 Å². The number of benzene rings is 1. The zero-order chi connectivity index (χ0) is 15.9. The number of rotatable bonds is 8. The van der Waals surface area contributed by atoms with Crippen LogP contribution in [0.2, 0.25) is 0 Å². The van der Waals surface area contributed by atoms with Crippen molar-refractivity contribution in [3.63, 3.8) is 0 Å². The molecular weight excluding hydrogens is 270 g/mol. The molecule has 0 aliphatic carbocycles. The lowest BCUT2D eigenvalue weighted by atomic mass is 9.79. The van der Waals surface area contributed by atoms with E-state index in [1.807, 2.05) is 24.3 Å². The van der Waals surface area contributed by atoms with Gasteiger partial charge in [-0.1, -0.05) is 26.0 Å². The maximum Gasteiger partial charge on any atom is 0.310 e. The van der Waals surface area contributed by atoms with E-state index in [1.54, 1.807) is 21.0 Å². The number of aliphatic carboxylic acids is 1. The van der Waals surface area contributed by atoms with Crippen LogP contribution in [-0.2, 0) is 16.1 Å². The third-order valence-electron chi connectivity index (χ3n) is 3.93. The Labute approximate surface area is 125 Å². The Hall–Kier alpha value is -2.04. The first-order valence-corrected chi connectivity index (χ1v) is 7.10. The third kappa shape index (κ3) is 4.48. The lowest BCUT2D eigenvalue weighted by Crippen LogP contribution is -2.36. The Morgan fingerprint density at radius 2 is 1.95 bits per heavy atom. The van der Waals surface area contributed by atoms with E-state index in [0.717, 1.165) is 11.3 Å². The average Bonchev–Trinajstić information content (AvgIpc) is 2.50. The fourth-order valence-corrected chi connectivity index (χ4v) is 2.23. The highest BCUT2D eigenvalue weighted by Gasteiger charge is 2.36. The van der Waals surface area contributed by atoms with Crippen molar-refractivity contribution in [2.75, 3.05) is 7.11 Å². The number of carbonyl (C=O) groups is 2. The highest BCUT2D eigenvalue weighted by molar-refractivity contribution is 5.84. The molecule has 0 fully saturated rings. The molecule has 0 atom stereocenters. The van der Waals surface area contributed by atoms with Crippen LogP contribution < -0.4 is 10.1 Å². The molecule has 2 N–H and O–H groups in total. The van der Waals surface area contributed by atoms with Crippen molar-refractivity contribution >= 4 is 11.9 Å². The van der Waals surface area contributed by atoms with Crippen LogP contribution in [0.4, 0.5) is 0 Å². The molecule has 5 heteroatoms. The quantitative estimate of drug-likeness (QED) is 0.772. The van der Waals surface area contributed by atoms with Crippen molar-refractivity contribution in [2.45, 2.75) is 39.7 Å². The van der Waals surface area contributed by atoms with Gasteiger partial charge in [0.25, 0.3) is 0 Å². The van der Waals surface area contributed by atoms with Crippen LogP contribution in [0, 0.1) is 5.41 Å². The van der Waals surface area contributed by atoms with Gasteiger partial charge in [0.15, 0.2) is 0 Å². The summed E-state index contributed by atoms with van der Waals surface area (Å²) in [6.07, 6.45) is 0.871. The predicted molar refractivity (Wildman–Crippen MR) is 80.1 cm³/mol. The molecule has 1 aromatic rings. The number of carboxylic acids is 1. The second-order valence-corrected chi connectivity index (χ2v) is 5.10. The lowest BCUT2D eigenvalue weighted by Gasteiger charge is -2.25. The zero-order valence-electron chi connectivity index (χ0n) is 12.8. The first-order valence-electron chi connectivity index (χ1n) is 7.10. The summed E-state index contributed by atoms with van der Waals surface area (Å²) in [5, 5.41) is 12.1. The molecule has 5 nitrogen and oxygen atoms in total. The third-order valence-corrected chi connectivity index (χ3v) is 3.93. The number of carbonyl (C=O) groups excluding carboxylic acids is 1. The van der Waals surface area contributed by atoms with Gasteiger partial charge < -0.3 is 15.2 Å². The van der Waals surface area contributed by atoms with E-state index in [1.165, 1.54) is 0 Å². The molecule has 0 aliphatic rings. The fraction of sp³-hybridized carbons (Fsp3) is 0.500. The minimum atomic E-state index is -0.974. The molecule has 1 aromatic carbocycles. The first-order chi connectivity index (χ1) is 9.97. The predicted octanol–water partition coefficient (Wildman–Crippen LogP) is 2.59. The number of hydrogen-bond acceptors (Lipinski definition) is 3. The fourth-order valence-electron chi connectivity index (χ4n) is 2.23. The van der Waals surface area contributed by atoms with Crippen molar-refractivity contribution in [1.82, 2.24) is 5.32 Å². The Morgan fingerprint density at radius 1 is 1.29 bits per heavy atom. The van der Waals surface area contributed by atoms with Crippen LogP contribution in [0.3, 0.4) is 0 Å². The highest BCUT2D eigenvalue weighted by atomic mass is 16.5. The van der Waals surface area contributed by atoms with Crippen molar-refractivity contribution in [2.24, 2.45) is 5.41 Å². The van der Waals surface area contributed by atoms with Gasteiger partial charge in [-0.25, -0.2) is 0 Å². The molecule has 0 saturated heterocycles. The number of nitrogens with one attached hydrogen (secondary N) is 1. The van der Waals surface area contributed by atoms with Gasteiger partial charge in [0.1, 0.15) is 5.75 Å². The molecule has 0 aliphatic heterocycles. The van der Waals surface area contributed by atoms with E-state index in [0.29, 0.717) is 19.4 Å². The Bertz CT molecular complexity index is 495. The standard InChI is InChI=1S/C16H23NO4/c1-4-16(5-2,15(19)20)10-14(18)17-11-12-7-6-8-13(9-12)21-3/h6-9H,4-5,10-11H2,1-3H3,(H,17,18)(H,19,20). The summed E-state index contributed by atoms with van der Waals surface area (Å²) in [6.45, 7) is 3.96. The normalized spacial score (nSPS) is 11.0. The molecule has 1 rings (SSSR count). The molecule has 0 heterocycles. The summed E-state index contributed by atoms with van der Waals surface area (Å²) >= 11 is 0. The van der Waals surface area contributed by atoms with E-state index in [9.17, 15) is 14.7 Å². The van der Waals surface area contributed by atoms with Gasteiger partial charge in [0.2, 0.25) is 5.91 Å². The van der Waals surface area contributed by atoms with Crippen LogP contribution in [0.25, 0.3) is 0 Å². The zero-order valence-corrected chi connectivity index (χ0v) is 12.8. The number of methoxy groups -OCH3 is 1. The van der Waals surface area contributed by atoms with E-state index in [4.69, 9.17) is 4.74 Å². The van der Waals surface area contributed by atoms with Crippen LogP contribution in [-0.4, -0.2) is 24.1 Å². The number of hydrogen-bond donors (Lipinski definition) is 2. The van der Waals surface area contributed by atoms with Gasteiger partial charge in [0.05, 0.1) is 12.5 Å². The summed E-state index contributed by atoms with van der Waals surface area (Å²) in [5.74, 6) is -0.434. The number of ether oxygens (including phenoxy) is 1. The van der Waals surface area contributed by atoms with Crippen molar-refractivity contribution in [3.8, 4) is 5.75 Å². The van der Waals surface area contributed by atoms with Crippen LogP contribution in [0.15, 0.2) is 24.3 Å². The number of amides is 1. The van der Waals surface area contributed by atoms with Crippen molar-refractivity contribution in [3.05, 3.63) is 29.8 Å². The van der Waals surface area contributed by atoms with E-state index >= 15 is 0 Å². The topological polar surface area (TPSA) is 75.6 Å². The lowest BCUT2D eigenvalue weighted by molar-refractivity contribution is -0.152. The Morgan fingerprint density at radius 3 is 2.48 bits per heavy atom. The second-order valence-electron chi connectivity index (χ2n) is 5.10. The average molecular weight is 293 g/mol. The smallest absolute Gasteiger partial charge is 0.310 e. The summed E-state index contributed by atoms with van der Waals surface area (Å²) in [6, 6.07) is 7.39. The molecule has 116 valence electrons. The molecule has 21 heavy (non-hydrogen) atoms. The summed E-state index contributed by atoms with van der Waals surface area (Å²) < 4.78 is 5.12. The van der Waals surface area contributed by atoms with E-state index in [2.05, 4.69) is 5.32 Å². The molecule has 0 saturated carbocycles. The van der Waals surface area contributed by atoms with Gasteiger partial charge in [-0.05, 0) is 30.5 Å². The van der Waals surface area contributed by atoms with Gasteiger partial charge in [-0.3, -0.25) is 9.59 Å². The highest BCUT2D eigenvalue weighted by Crippen LogP contribution is 2.30. The molecular formula is C16H23NO4. The van der Waals surface area contributed by atoms with Gasteiger partial charge in [-0.2, -0.15) is 0 Å². The van der Waals surface area contributed by atoms with Crippen molar-refractivity contribution < 1.29 is 19.4 Å². The maximum absolute atomic E-state index is 12.0. The van der Waals surface area contributed by atoms with E-state index in [-0.39, 0.29) is 12.3 Å². The SMILES string of the molecule is CCC(CC)(CC(=O)NCc1cccc(OC)c1)C(=O)O. The summed E-state index contributed by atoms with van der Waals surface area (Å²) in [4.78, 5) is 23.4. The van der Waals surface area contributed by atoms with Crippen molar-refractivity contribution in [1.29, 1.82) is 0 Å². The van der Waals surface area contributed by atoms with E-state index < -0.39 is 11.4 Å². The molecule has 0 radical (unpaired) electrons. The Balaban J connectivity index is 2.62. The van der Waals surface area contributed by atoms with Gasteiger partial charge in [-0.15, -0.1) is 0 Å². The molecule has 0 bridgehead atoms. The summed E-state index contributed by atoms with van der Waals surface area (Å²) in [5.41, 5.74) is -0.0602. The largest absolute Gasteiger partial charge is 0.497 e. The molecule has 0 unspecified atom stereocenters. The minimum absolute atomic E-state index is 0.000693. The van der Waals surface area contributed by atoms with Crippen LogP contribution >= 0.6 is 0 Å². The monoisotopic (exact) mass is 293 g/mol. The first kappa shape index (κ1) is 17.0. The second kappa shape index (κ2) is 7.67. The molecule has 1 amide bonds. The molecule has 0 aromatic heterocycles. The maximum atomic E-state index is 12.0. The number of carboxylic acid groups (broad SMARTS) is 1. The Kier molecular flexibility index (Phi) is 6.21. The summed E-state index contributed by atoms with van der Waals surface area (Å²) in [7, 11) is 1.58. The van der Waals surface area contributed by atoms with Gasteiger partial charge >= 0.3 is 5.97 Å². The van der Waals surface area contributed by atoms with Gasteiger partial charge in [0, 0.05) is 13.0 Å². The minimum Gasteiger partial charge on any atom is -0.497 e. The molecule has 0 spiro atoms. The van der Waals surface area contributed by atoms with Crippen LogP contribution in [0.1, 0.15) is 38.7 Å².